The number of thiazole rings is 1. The van der Waals surface area contributed by atoms with Crippen molar-refractivity contribution in [2.75, 3.05) is 34.5 Å². The van der Waals surface area contributed by atoms with Crippen molar-refractivity contribution < 1.29 is 38.4 Å². The topological polar surface area (TPSA) is 135 Å². The smallest absolute Gasteiger partial charge is 0.341 e. The standard InChI is InChI=1S/C30H31IN2O9S/c1-6-8-20-25(29(37)41-7-2)26(18-14-17(38-3)9-10-21(18)39-4)33-28(36)23(43-30(33)32-20)13-16-11-19(31)27(22(12-16)40-5)42-15-24(34)35/h9-14,26H,6-8,15H2,1-5H3,(H,34,35)/b23-13-/t26-/m1/s1. The van der Waals surface area contributed by atoms with Crippen LogP contribution in [0.5, 0.6) is 23.0 Å². The van der Waals surface area contributed by atoms with Crippen LogP contribution in [0.3, 0.4) is 0 Å². The number of methoxy groups -OCH3 is 3. The number of esters is 1. The van der Waals surface area contributed by atoms with E-state index in [-0.39, 0.29) is 23.5 Å². The summed E-state index contributed by atoms with van der Waals surface area (Å²) in [6, 6.07) is 7.75. The Balaban J connectivity index is 1.99. The first-order valence-corrected chi connectivity index (χ1v) is 15.2. The maximum Gasteiger partial charge on any atom is 0.341 e. The summed E-state index contributed by atoms with van der Waals surface area (Å²) in [7, 11) is 4.51. The fourth-order valence-electron chi connectivity index (χ4n) is 4.72. The summed E-state index contributed by atoms with van der Waals surface area (Å²) in [6.07, 6.45) is 2.91. The van der Waals surface area contributed by atoms with Crippen LogP contribution in [-0.2, 0) is 14.3 Å². The molecular weight excluding hydrogens is 691 g/mol. The minimum absolute atomic E-state index is 0.154. The third-order valence-electron chi connectivity index (χ3n) is 6.51. The molecule has 2 heterocycles. The number of carboxylic acid groups (broad SMARTS) is 1. The molecule has 43 heavy (non-hydrogen) atoms. The Kier molecular flexibility index (Phi) is 10.5. The summed E-state index contributed by atoms with van der Waals surface area (Å²) in [6.45, 7) is 3.34. The second-order valence-corrected chi connectivity index (χ2v) is 11.4. The van der Waals surface area contributed by atoms with Gasteiger partial charge in [-0.1, -0.05) is 24.7 Å². The molecule has 4 rings (SSSR count). The van der Waals surface area contributed by atoms with Gasteiger partial charge in [-0.2, -0.15) is 0 Å². The number of benzene rings is 2. The molecule has 0 amide bonds. The molecule has 2 aromatic carbocycles. The minimum Gasteiger partial charge on any atom is -0.497 e. The van der Waals surface area contributed by atoms with Gasteiger partial charge < -0.3 is 28.8 Å². The highest BCUT2D eigenvalue weighted by molar-refractivity contribution is 14.1. The van der Waals surface area contributed by atoms with Crippen LogP contribution in [0, 0.1) is 3.57 Å². The van der Waals surface area contributed by atoms with Gasteiger partial charge in [0.25, 0.3) is 5.56 Å². The van der Waals surface area contributed by atoms with Crippen LogP contribution in [0.25, 0.3) is 6.08 Å². The van der Waals surface area contributed by atoms with E-state index in [2.05, 4.69) is 0 Å². The summed E-state index contributed by atoms with van der Waals surface area (Å²) >= 11 is 3.22. The number of rotatable bonds is 12. The van der Waals surface area contributed by atoms with Crippen LogP contribution < -0.4 is 33.8 Å². The molecule has 11 nitrogen and oxygen atoms in total. The van der Waals surface area contributed by atoms with Gasteiger partial charge in [-0.15, -0.1) is 0 Å². The minimum atomic E-state index is -1.12. The average molecular weight is 723 g/mol. The van der Waals surface area contributed by atoms with Gasteiger partial charge in [0.2, 0.25) is 0 Å². The number of ether oxygens (including phenoxy) is 5. The number of allylic oxidation sites excluding steroid dienone is 1. The quantitative estimate of drug-likeness (QED) is 0.220. The number of fused-ring (bicyclic) bond motifs is 1. The second kappa shape index (κ2) is 14.1. The largest absolute Gasteiger partial charge is 0.497 e. The number of carbonyl (C=O) groups excluding carboxylic acids is 1. The molecule has 1 atom stereocenters. The van der Waals surface area contributed by atoms with E-state index in [0.29, 0.717) is 59.8 Å². The normalized spacial score (nSPS) is 14.6. The van der Waals surface area contributed by atoms with Crippen LogP contribution >= 0.6 is 33.9 Å². The van der Waals surface area contributed by atoms with Crippen molar-refractivity contribution in [1.29, 1.82) is 0 Å². The summed E-state index contributed by atoms with van der Waals surface area (Å²) in [5.41, 5.74) is 1.63. The van der Waals surface area contributed by atoms with Gasteiger partial charge in [0.15, 0.2) is 22.9 Å². The van der Waals surface area contributed by atoms with E-state index in [1.807, 2.05) is 29.5 Å². The molecule has 13 heteroatoms. The zero-order chi connectivity index (χ0) is 31.3. The van der Waals surface area contributed by atoms with Gasteiger partial charge in [0.05, 0.1) is 47.3 Å². The Morgan fingerprint density at radius 1 is 1.09 bits per heavy atom. The molecular formula is C30H31IN2O9S. The SMILES string of the molecule is CCCC1=C(C(=O)OCC)[C@@H](c2cc(OC)ccc2OC)n2c(s/c(=C\c3cc(I)c(OCC(=O)O)c(OC)c3)c2=O)=N1. The van der Waals surface area contributed by atoms with Gasteiger partial charge in [0, 0.05) is 5.56 Å². The first-order valence-electron chi connectivity index (χ1n) is 13.3. The predicted octanol–water partition coefficient (Wildman–Crippen LogP) is 3.67. The molecule has 0 radical (unpaired) electrons. The molecule has 0 aliphatic carbocycles. The van der Waals surface area contributed by atoms with Crippen LogP contribution in [0.2, 0.25) is 0 Å². The molecule has 1 aliphatic rings. The third-order valence-corrected chi connectivity index (χ3v) is 8.30. The van der Waals surface area contributed by atoms with E-state index in [1.54, 1.807) is 43.3 Å². The molecule has 0 saturated carbocycles. The van der Waals surface area contributed by atoms with Gasteiger partial charge >= 0.3 is 11.9 Å². The molecule has 0 unspecified atom stereocenters. The van der Waals surface area contributed by atoms with E-state index in [9.17, 15) is 14.4 Å². The van der Waals surface area contributed by atoms with Crippen molar-refractivity contribution in [1.82, 2.24) is 4.57 Å². The molecule has 0 spiro atoms. The lowest BCUT2D eigenvalue weighted by atomic mass is 9.93. The Morgan fingerprint density at radius 3 is 2.47 bits per heavy atom. The van der Waals surface area contributed by atoms with E-state index < -0.39 is 24.6 Å². The lowest BCUT2D eigenvalue weighted by Crippen LogP contribution is -2.40. The zero-order valence-corrected chi connectivity index (χ0v) is 27.2. The fourth-order valence-corrected chi connectivity index (χ4v) is 6.52. The summed E-state index contributed by atoms with van der Waals surface area (Å²) in [4.78, 5) is 43.9. The Hall–Kier alpha value is -3.85. The first kappa shape index (κ1) is 32.1. The van der Waals surface area contributed by atoms with E-state index in [4.69, 9.17) is 33.8 Å². The van der Waals surface area contributed by atoms with Gasteiger partial charge in [-0.3, -0.25) is 9.36 Å². The highest BCUT2D eigenvalue weighted by Crippen LogP contribution is 2.39. The highest BCUT2D eigenvalue weighted by Gasteiger charge is 2.36. The van der Waals surface area contributed by atoms with E-state index in [0.717, 1.165) is 0 Å². The number of carboxylic acids is 1. The molecule has 1 aliphatic heterocycles. The van der Waals surface area contributed by atoms with Crippen molar-refractivity contribution in [3.8, 4) is 23.0 Å². The summed E-state index contributed by atoms with van der Waals surface area (Å²) in [5.74, 6) is -0.0679. The van der Waals surface area contributed by atoms with Crippen LogP contribution in [0.15, 0.2) is 51.4 Å². The molecule has 1 aromatic heterocycles. The van der Waals surface area contributed by atoms with Gasteiger partial charge in [-0.25, -0.2) is 14.6 Å². The number of aliphatic carboxylic acids is 1. The molecule has 0 fully saturated rings. The lowest BCUT2D eigenvalue weighted by Gasteiger charge is -2.27. The predicted molar refractivity (Wildman–Crippen MR) is 168 cm³/mol. The Labute approximate surface area is 265 Å². The maximum absolute atomic E-state index is 14.1. The fraction of sp³-hybridized carbons (Fsp3) is 0.333. The Morgan fingerprint density at radius 2 is 1.84 bits per heavy atom. The van der Waals surface area contributed by atoms with E-state index in [1.165, 1.54) is 37.2 Å². The van der Waals surface area contributed by atoms with Crippen molar-refractivity contribution in [2.24, 2.45) is 4.99 Å². The molecule has 3 aromatic rings. The number of aromatic nitrogens is 1. The number of hydrogen-bond acceptors (Lipinski definition) is 10. The van der Waals surface area contributed by atoms with Crippen molar-refractivity contribution >= 4 is 51.9 Å². The molecule has 0 bridgehead atoms. The molecule has 1 N–H and O–H groups in total. The number of halogens is 1. The maximum atomic E-state index is 14.1. The van der Waals surface area contributed by atoms with Crippen LogP contribution in [-0.4, -0.2) is 56.2 Å². The van der Waals surface area contributed by atoms with Gasteiger partial charge in [0.1, 0.15) is 17.5 Å². The average Bonchev–Trinajstić information content (AvgIpc) is 3.29. The molecule has 228 valence electrons. The monoisotopic (exact) mass is 722 g/mol. The van der Waals surface area contributed by atoms with Crippen molar-refractivity contribution in [3.63, 3.8) is 0 Å². The lowest BCUT2D eigenvalue weighted by molar-refractivity contribution is -0.140. The zero-order valence-electron chi connectivity index (χ0n) is 24.3. The number of nitrogens with zero attached hydrogens (tertiary/aromatic N) is 2. The Bertz CT molecular complexity index is 1760. The van der Waals surface area contributed by atoms with Crippen molar-refractivity contribution in [3.05, 3.63) is 76.0 Å². The third kappa shape index (κ3) is 6.72. The number of hydrogen-bond donors (Lipinski definition) is 1. The van der Waals surface area contributed by atoms with Gasteiger partial charge in [-0.05, 0) is 77.9 Å². The second-order valence-electron chi connectivity index (χ2n) is 9.24. The molecule has 0 saturated heterocycles. The first-order chi connectivity index (χ1) is 20.7. The van der Waals surface area contributed by atoms with Crippen LogP contribution in [0.4, 0.5) is 0 Å². The van der Waals surface area contributed by atoms with Crippen molar-refractivity contribution in [2.45, 2.75) is 32.7 Å². The number of carbonyl (C=O) groups is 2. The van der Waals surface area contributed by atoms with E-state index >= 15 is 0 Å². The van der Waals surface area contributed by atoms with Crippen LogP contribution in [0.1, 0.15) is 43.9 Å². The summed E-state index contributed by atoms with van der Waals surface area (Å²) in [5, 5.41) is 9.02. The highest BCUT2D eigenvalue weighted by atomic mass is 127. The summed E-state index contributed by atoms with van der Waals surface area (Å²) < 4.78 is 30.0.